The number of anilines is 1. The van der Waals surface area contributed by atoms with Gasteiger partial charge in [-0.1, -0.05) is 26.8 Å². The third-order valence-electron chi connectivity index (χ3n) is 8.01. The minimum Gasteiger partial charge on any atom is -0.497 e. The van der Waals surface area contributed by atoms with Crippen LogP contribution in [0, 0.1) is 17.3 Å². The Hall–Kier alpha value is -1.88. The van der Waals surface area contributed by atoms with Crippen LogP contribution in [-0.2, 0) is 6.42 Å². The molecule has 0 unspecified atom stereocenters. The summed E-state index contributed by atoms with van der Waals surface area (Å²) >= 11 is 0. The van der Waals surface area contributed by atoms with Crippen LogP contribution in [0.4, 0.5) is 5.69 Å². The van der Waals surface area contributed by atoms with Crippen LogP contribution in [-0.4, -0.2) is 54.4 Å². The van der Waals surface area contributed by atoms with Crippen molar-refractivity contribution < 1.29 is 19.3 Å². The van der Waals surface area contributed by atoms with Crippen molar-refractivity contribution in [3.8, 4) is 11.6 Å². The van der Waals surface area contributed by atoms with E-state index in [0.29, 0.717) is 35.9 Å². The molecule has 6 nitrogen and oxygen atoms in total. The van der Waals surface area contributed by atoms with E-state index in [-0.39, 0.29) is 5.92 Å². The van der Waals surface area contributed by atoms with E-state index in [4.69, 9.17) is 9.47 Å². The molecule has 1 aromatic heterocycles. The molecule has 1 aromatic carbocycles. The van der Waals surface area contributed by atoms with E-state index < -0.39 is 7.72 Å². The molecule has 4 rings (SSSR count). The molecule has 0 bridgehead atoms. The average Bonchev–Trinajstić information content (AvgIpc) is 3.71. The predicted molar refractivity (Wildman–Crippen MR) is 158 cm³/mol. The maximum atomic E-state index is 10.1. The van der Waals surface area contributed by atoms with Gasteiger partial charge in [-0.15, -0.1) is 0 Å². The zero-order valence-electron chi connectivity index (χ0n) is 24.0. The van der Waals surface area contributed by atoms with Gasteiger partial charge in [0.15, 0.2) is 0 Å². The molecule has 38 heavy (non-hydrogen) atoms. The van der Waals surface area contributed by atoms with Gasteiger partial charge in [0.2, 0.25) is 5.88 Å². The molecule has 2 fully saturated rings. The van der Waals surface area contributed by atoms with Crippen LogP contribution < -0.4 is 14.4 Å². The number of aromatic nitrogens is 1. The SMILES string of the molecule is COc1ccc(CCCC(C)(C)C)c(N2CCC(COc3cc([C@@H](C[P+](C)(O)O)C4CC4)ccn3)CC2)c1. The second-order valence-corrected chi connectivity index (χ2v) is 15.3. The fourth-order valence-corrected chi connectivity index (χ4v) is 6.92. The Kier molecular flexibility index (Phi) is 9.60. The monoisotopic (exact) mass is 543 g/mol. The number of ether oxygens (including phenoxy) is 2. The van der Waals surface area contributed by atoms with Gasteiger partial charge in [-0.3, -0.25) is 0 Å². The summed E-state index contributed by atoms with van der Waals surface area (Å²) < 4.78 is 11.7. The number of pyridine rings is 1. The number of methoxy groups -OCH3 is 1. The Bertz CT molecular complexity index is 1040. The van der Waals surface area contributed by atoms with Gasteiger partial charge in [0, 0.05) is 43.0 Å². The van der Waals surface area contributed by atoms with Gasteiger partial charge < -0.3 is 14.4 Å². The number of aryl methyl sites for hydroxylation is 1. The Balaban J connectivity index is 1.32. The van der Waals surface area contributed by atoms with Crippen LogP contribution >= 0.6 is 7.72 Å². The van der Waals surface area contributed by atoms with Crippen molar-refractivity contribution >= 4 is 13.4 Å². The van der Waals surface area contributed by atoms with Crippen LogP contribution in [0.3, 0.4) is 0 Å². The van der Waals surface area contributed by atoms with Crippen molar-refractivity contribution in [3.63, 3.8) is 0 Å². The van der Waals surface area contributed by atoms with Crippen LogP contribution in [0.5, 0.6) is 11.6 Å². The van der Waals surface area contributed by atoms with Gasteiger partial charge in [-0.05, 0) is 85.5 Å². The van der Waals surface area contributed by atoms with Crippen molar-refractivity contribution in [3.05, 3.63) is 47.7 Å². The molecule has 2 aromatic rings. The van der Waals surface area contributed by atoms with Crippen molar-refractivity contribution in [2.75, 3.05) is 44.5 Å². The fraction of sp³-hybridized carbons (Fsp3) is 0.645. The average molecular weight is 544 g/mol. The number of hydrogen-bond donors (Lipinski definition) is 2. The number of benzene rings is 1. The normalized spacial score (nSPS) is 17.9. The van der Waals surface area contributed by atoms with E-state index in [1.165, 1.54) is 24.1 Å². The minimum atomic E-state index is -2.83. The smallest absolute Gasteiger partial charge is 0.265 e. The fourth-order valence-electron chi connectivity index (χ4n) is 5.66. The highest BCUT2D eigenvalue weighted by molar-refractivity contribution is 7.63. The highest BCUT2D eigenvalue weighted by atomic mass is 31.2. The predicted octanol–water partition coefficient (Wildman–Crippen LogP) is 6.71. The number of hydrogen-bond acceptors (Lipinski definition) is 6. The van der Waals surface area contributed by atoms with Crippen LogP contribution in [0.15, 0.2) is 36.5 Å². The van der Waals surface area contributed by atoms with E-state index in [9.17, 15) is 9.79 Å². The number of piperidine rings is 1. The zero-order chi connectivity index (χ0) is 27.3. The Morgan fingerprint density at radius 3 is 2.45 bits per heavy atom. The van der Waals surface area contributed by atoms with Gasteiger partial charge in [-0.25, -0.2) is 14.8 Å². The Morgan fingerprint density at radius 1 is 1.08 bits per heavy atom. The van der Waals surface area contributed by atoms with E-state index in [0.717, 1.165) is 56.5 Å². The summed E-state index contributed by atoms with van der Waals surface area (Å²) in [6.07, 6.45) is 10.2. The molecule has 0 spiro atoms. The van der Waals surface area contributed by atoms with Crippen LogP contribution in [0.2, 0.25) is 0 Å². The lowest BCUT2D eigenvalue weighted by Crippen LogP contribution is -2.36. The molecule has 1 aliphatic carbocycles. The molecule has 0 radical (unpaired) electrons. The summed E-state index contributed by atoms with van der Waals surface area (Å²) in [7, 11) is -1.09. The summed E-state index contributed by atoms with van der Waals surface area (Å²) in [6, 6.07) is 10.6. The maximum Gasteiger partial charge on any atom is 0.265 e. The molecule has 2 aliphatic rings. The lowest BCUT2D eigenvalue weighted by atomic mass is 9.88. The first-order valence-corrected chi connectivity index (χ1v) is 16.6. The molecule has 1 saturated heterocycles. The van der Waals surface area contributed by atoms with Crippen molar-refractivity contribution in [2.45, 2.75) is 71.6 Å². The van der Waals surface area contributed by atoms with Gasteiger partial charge in [0.25, 0.3) is 7.72 Å². The topological polar surface area (TPSA) is 75.1 Å². The first-order chi connectivity index (χ1) is 18.0. The largest absolute Gasteiger partial charge is 0.497 e. The molecule has 1 aliphatic heterocycles. The summed E-state index contributed by atoms with van der Waals surface area (Å²) in [5, 5.41) is 0. The summed E-state index contributed by atoms with van der Waals surface area (Å²) in [5.74, 6) is 2.79. The molecule has 2 heterocycles. The standard InChI is InChI=1S/C31H48N2O4P/c1-31(2,3)15-6-7-25-10-11-27(36-4)20-29(25)33-17-13-23(14-18-33)21-37-30-19-26(12-16-32-30)28(24-8-9-24)22-38(5,34)35/h10-12,16,19-20,23-24,28,34-35H,6-9,13-15,17-18,21-22H2,1-5H3/q+1/t28-/m0/s1. The third-order valence-corrected chi connectivity index (χ3v) is 9.09. The van der Waals surface area contributed by atoms with E-state index in [2.05, 4.69) is 48.9 Å². The third kappa shape index (κ3) is 8.83. The van der Waals surface area contributed by atoms with E-state index in [1.54, 1.807) is 20.0 Å². The Labute approximate surface area is 230 Å². The minimum absolute atomic E-state index is 0.178. The molecular weight excluding hydrogens is 495 g/mol. The first-order valence-electron chi connectivity index (χ1n) is 14.3. The molecule has 210 valence electrons. The zero-order valence-corrected chi connectivity index (χ0v) is 24.9. The molecular formula is C31H48N2O4P+. The second kappa shape index (κ2) is 12.5. The highest BCUT2D eigenvalue weighted by Crippen LogP contribution is 2.55. The lowest BCUT2D eigenvalue weighted by molar-refractivity contribution is 0.216. The maximum absolute atomic E-state index is 10.1. The van der Waals surface area contributed by atoms with Gasteiger partial charge in [-0.2, -0.15) is 0 Å². The van der Waals surface area contributed by atoms with E-state index >= 15 is 0 Å². The first kappa shape index (κ1) is 29.1. The molecule has 2 N–H and O–H groups in total. The van der Waals surface area contributed by atoms with Crippen molar-refractivity contribution in [1.29, 1.82) is 0 Å². The molecule has 1 atom stereocenters. The molecule has 7 heteroatoms. The quantitative estimate of drug-likeness (QED) is 0.290. The van der Waals surface area contributed by atoms with E-state index in [1.807, 2.05) is 12.1 Å². The summed E-state index contributed by atoms with van der Waals surface area (Å²) in [4.78, 5) is 27.2. The van der Waals surface area contributed by atoms with Gasteiger partial charge in [0.1, 0.15) is 18.6 Å². The van der Waals surface area contributed by atoms with Crippen molar-refractivity contribution in [1.82, 2.24) is 4.98 Å². The summed E-state index contributed by atoms with van der Waals surface area (Å²) in [5.41, 5.74) is 4.22. The number of nitrogens with zero attached hydrogens (tertiary/aromatic N) is 2. The number of rotatable bonds is 12. The lowest BCUT2D eigenvalue weighted by Gasteiger charge is -2.35. The second-order valence-electron chi connectivity index (χ2n) is 12.8. The van der Waals surface area contributed by atoms with Crippen molar-refractivity contribution in [2.24, 2.45) is 17.3 Å². The Morgan fingerprint density at radius 2 is 1.82 bits per heavy atom. The van der Waals surface area contributed by atoms with Gasteiger partial charge in [0.05, 0.1) is 13.7 Å². The van der Waals surface area contributed by atoms with Crippen LogP contribution in [0.1, 0.15) is 76.3 Å². The molecule has 0 amide bonds. The summed E-state index contributed by atoms with van der Waals surface area (Å²) in [6.45, 7) is 11.2. The van der Waals surface area contributed by atoms with Crippen LogP contribution in [0.25, 0.3) is 0 Å². The highest BCUT2D eigenvalue weighted by Gasteiger charge is 2.40. The molecule has 1 saturated carbocycles. The van der Waals surface area contributed by atoms with Gasteiger partial charge >= 0.3 is 0 Å².